The van der Waals surface area contributed by atoms with Gasteiger partial charge in [0.1, 0.15) is 23.7 Å². The zero-order valence-electron chi connectivity index (χ0n) is 11.9. The van der Waals surface area contributed by atoms with Crippen molar-refractivity contribution in [1.82, 2.24) is 0 Å². The Labute approximate surface area is 122 Å². The summed E-state index contributed by atoms with van der Waals surface area (Å²) in [6.07, 6.45) is 0. The Morgan fingerprint density at radius 1 is 1.24 bits per heavy atom. The van der Waals surface area contributed by atoms with Gasteiger partial charge in [0.25, 0.3) is 0 Å². The van der Waals surface area contributed by atoms with Crippen molar-refractivity contribution in [2.75, 3.05) is 12.8 Å². The molecular formula is C16H16FNO3. The van der Waals surface area contributed by atoms with Gasteiger partial charge >= 0.3 is 5.97 Å². The van der Waals surface area contributed by atoms with E-state index in [4.69, 9.17) is 15.2 Å². The summed E-state index contributed by atoms with van der Waals surface area (Å²) in [6.45, 7) is 1.83. The molecule has 2 N–H and O–H groups in total. The Morgan fingerprint density at radius 3 is 2.67 bits per heavy atom. The Hall–Kier alpha value is -2.56. The molecule has 0 amide bonds. The highest BCUT2D eigenvalue weighted by molar-refractivity contribution is 5.93. The van der Waals surface area contributed by atoms with Gasteiger partial charge in [0.2, 0.25) is 0 Å². The van der Waals surface area contributed by atoms with Crippen LogP contribution in [-0.4, -0.2) is 13.1 Å². The van der Waals surface area contributed by atoms with Crippen LogP contribution in [0.4, 0.5) is 10.1 Å². The van der Waals surface area contributed by atoms with Gasteiger partial charge in [-0.1, -0.05) is 6.07 Å². The molecule has 4 nitrogen and oxygen atoms in total. The monoisotopic (exact) mass is 289 g/mol. The van der Waals surface area contributed by atoms with Crippen LogP contribution in [0.15, 0.2) is 36.4 Å². The lowest BCUT2D eigenvalue weighted by Crippen LogP contribution is -2.08. The third-order valence-electron chi connectivity index (χ3n) is 3.11. The van der Waals surface area contributed by atoms with E-state index in [1.165, 1.54) is 19.2 Å². The van der Waals surface area contributed by atoms with Gasteiger partial charge in [-0.15, -0.1) is 0 Å². The topological polar surface area (TPSA) is 61.5 Å². The van der Waals surface area contributed by atoms with Gasteiger partial charge in [-0.3, -0.25) is 0 Å². The predicted molar refractivity (Wildman–Crippen MR) is 77.7 cm³/mol. The first-order valence-corrected chi connectivity index (χ1v) is 6.37. The molecule has 0 bridgehead atoms. The zero-order chi connectivity index (χ0) is 15.4. The van der Waals surface area contributed by atoms with Crippen LogP contribution in [0.1, 0.15) is 21.5 Å². The lowest BCUT2D eigenvalue weighted by Gasteiger charge is -2.10. The van der Waals surface area contributed by atoms with Crippen LogP contribution in [-0.2, 0) is 11.3 Å². The Kier molecular flexibility index (Phi) is 4.42. The second kappa shape index (κ2) is 6.26. The van der Waals surface area contributed by atoms with E-state index in [9.17, 15) is 9.18 Å². The quantitative estimate of drug-likeness (QED) is 0.694. The smallest absolute Gasteiger partial charge is 0.342 e. The summed E-state index contributed by atoms with van der Waals surface area (Å²) in [5, 5.41) is 0. The number of methoxy groups -OCH3 is 1. The van der Waals surface area contributed by atoms with Crippen molar-refractivity contribution < 1.29 is 18.7 Å². The molecule has 21 heavy (non-hydrogen) atoms. The fraction of sp³-hybridized carbons (Fsp3) is 0.188. The maximum absolute atomic E-state index is 13.0. The fourth-order valence-corrected chi connectivity index (χ4v) is 1.92. The number of benzene rings is 2. The van der Waals surface area contributed by atoms with Crippen molar-refractivity contribution in [2.45, 2.75) is 13.5 Å². The minimum Gasteiger partial charge on any atom is -0.496 e. The number of halogens is 1. The maximum Gasteiger partial charge on any atom is 0.342 e. The van der Waals surface area contributed by atoms with Crippen molar-refractivity contribution in [3.8, 4) is 5.75 Å². The van der Waals surface area contributed by atoms with Crippen molar-refractivity contribution in [2.24, 2.45) is 0 Å². The molecule has 110 valence electrons. The van der Waals surface area contributed by atoms with Gasteiger partial charge in [-0.25, -0.2) is 9.18 Å². The van der Waals surface area contributed by atoms with Gasteiger partial charge in [0.15, 0.2) is 0 Å². The van der Waals surface area contributed by atoms with Crippen LogP contribution in [0.25, 0.3) is 0 Å². The van der Waals surface area contributed by atoms with Crippen LogP contribution in [0.3, 0.4) is 0 Å². The number of hydrogen-bond acceptors (Lipinski definition) is 4. The van der Waals surface area contributed by atoms with Crippen molar-refractivity contribution in [3.05, 3.63) is 58.9 Å². The number of hydrogen-bond donors (Lipinski definition) is 1. The number of rotatable bonds is 4. The van der Waals surface area contributed by atoms with Crippen molar-refractivity contribution in [1.29, 1.82) is 0 Å². The number of esters is 1. The van der Waals surface area contributed by atoms with Crippen LogP contribution < -0.4 is 10.5 Å². The second-order valence-electron chi connectivity index (χ2n) is 4.61. The van der Waals surface area contributed by atoms with E-state index < -0.39 is 5.97 Å². The molecule has 2 aromatic rings. The minimum atomic E-state index is -0.518. The van der Waals surface area contributed by atoms with E-state index in [1.807, 2.05) is 0 Å². The molecule has 0 radical (unpaired) electrons. The number of ether oxygens (including phenoxy) is 2. The molecule has 0 saturated heterocycles. The van der Waals surface area contributed by atoms with Gasteiger partial charge in [0.05, 0.1) is 7.11 Å². The summed E-state index contributed by atoms with van der Waals surface area (Å²) in [4.78, 5) is 12.1. The molecule has 0 fully saturated rings. The first-order valence-electron chi connectivity index (χ1n) is 6.37. The predicted octanol–water partition coefficient (Wildman–Crippen LogP) is 3.08. The highest BCUT2D eigenvalue weighted by Gasteiger charge is 2.14. The molecule has 0 saturated carbocycles. The van der Waals surface area contributed by atoms with Gasteiger partial charge in [-0.05, 0) is 42.3 Å². The number of nitrogens with two attached hydrogens (primary N) is 1. The average Bonchev–Trinajstić information content (AvgIpc) is 2.45. The third-order valence-corrected chi connectivity index (χ3v) is 3.11. The highest BCUT2D eigenvalue weighted by Crippen LogP contribution is 2.23. The minimum absolute atomic E-state index is 0.0679. The van der Waals surface area contributed by atoms with E-state index in [1.54, 1.807) is 31.2 Å². The summed E-state index contributed by atoms with van der Waals surface area (Å²) in [5.41, 5.74) is 7.91. The average molecular weight is 289 g/mol. The van der Waals surface area contributed by atoms with Gasteiger partial charge < -0.3 is 15.2 Å². The number of aryl methyl sites for hydroxylation is 1. The van der Waals surface area contributed by atoms with Gasteiger partial charge in [-0.2, -0.15) is 0 Å². The van der Waals surface area contributed by atoms with Crippen LogP contribution >= 0.6 is 0 Å². The van der Waals surface area contributed by atoms with E-state index in [-0.39, 0.29) is 12.4 Å². The summed E-state index contributed by atoms with van der Waals surface area (Å²) >= 11 is 0. The molecule has 0 aliphatic rings. The van der Waals surface area contributed by atoms with Crippen molar-refractivity contribution >= 4 is 11.7 Å². The lowest BCUT2D eigenvalue weighted by molar-refractivity contribution is 0.0468. The number of carbonyl (C=O) groups is 1. The molecule has 0 spiro atoms. The first kappa shape index (κ1) is 14.8. The maximum atomic E-state index is 13.0. The molecule has 2 rings (SSSR count). The zero-order valence-corrected chi connectivity index (χ0v) is 11.9. The summed E-state index contributed by atoms with van der Waals surface area (Å²) in [5.74, 6) is -0.478. The van der Waals surface area contributed by atoms with Crippen LogP contribution in [0.5, 0.6) is 5.75 Å². The Morgan fingerprint density at radius 2 is 2.00 bits per heavy atom. The van der Waals surface area contributed by atoms with Crippen LogP contribution in [0.2, 0.25) is 0 Å². The number of carbonyl (C=O) groups excluding carboxylic acids is 1. The number of anilines is 1. The largest absolute Gasteiger partial charge is 0.496 e. The molecule has 5 heteroatoms. The lowest BCUT2D eigenvalue weighted by atomic mass is 10.1. The van der Waals surface area contributed by atoms with E-state index in [0.717, 1.165) is 11.1 Å². The molecule has 0 aliphatic carbocycles. The SMILES string of the molecule is COc1cc(N)ccc1C(=O)OCc1ccc(F)cc1C. The highest BCUT2D eigenvalue weighted by atomic mass is 19.1. The van der Waals surface area contributed by atoms with Gasteiger partial charge in [0, 0.05) is 11.8 Å². The normalized spacial score (nSPS) is 10.2. The van der Waals surface area contributed by atoms with E-state index >= 15 is 0 Å². The Balaban J connectivity index is 2.11. The van der Waals surface area contributed by atoms with E-state index in [2.05, 4.69) is 0 Å². The summed E-state index contributed by atoms with van der Waals surface area (Å²) < 4.78 is 23.4. The van der Waals surface area contributed by atoms with Crippen LogP contribution in [0, 0.1) is 12.7 Å². The third kappa shape index (κ3) is 3.51. The molecule has 0 aromatic heterocycles. The molecule has 0 unspecified atom stereocenters. The van der Waals surface area contributed by atoms with Crippen molar-refractivity contribution in [3.63, 3.8) is 0 Å². The number of nitrogen functional groups attached to an aromatic ring is 1. The van der Waals surface area contributed by atoms with E-state index in [0.29, 0.717) is 17.0 Å². The summed E-state index contributed by atoms with van der Waals surface area (Å²) in [7, 11) is 1.45. The molecule has 0 aliphatic heterocycles. The fourth-order valence-electron chi connectivity index (χ4n) is 1.92. The molecule has 0 atom stereocenters. The standard InChI is InChI=1S/C16H16FNO3/c1-10-7-12(17)4-3-11(10)9-21-16(19)14-6-5-13(18)8-15(14)20-2/h3-8H,9,18H2,1-2H3. The Bertz CT molecular complexity index is 671. The molecular weight excluding hydrogens is 273 g/mol. The molecule has 0 heterocycles. The second-order valence-corrected chi connectivity index (χ2v) is 4.61. The molecule has 2 aromatic carbocycles. The summed E-state index contributed by atoms with van der Waals surface area (Å²) in [6, 6.07) is 9.03. The first-order chi connectivity index (χ1) is 10.0.